The molecule has 0 saturated heterocycles. The van der Waals surface area contributed by atoms with E-state index in [1.165, 1.54) is 6.07 Å². The van der Waals surface area contributed by atoms with E-state index in [9.17, 15) is 0 Å². The van der Waals surface area contributed by atoms with Crippen molar-refractivity contribution in [2.24, 2.45) is 0 Å². The molecule has 0 aliphatic carbocycles. The smallest absolute Gasteiger partial charge is 0.122 e. The molecule has 0 heterocycles. The van der Waals surface area contributed by atoms with E-state index < -0.39 is 0 Å². The Balaban J connectivity index is 0.000000424. The number of methoxy groups -OCH3 is 1. The molecule has 0 aliphatic heterocycles. The van der Waals surface area contributed by atoms with Crippen molar-refractivity contribution in [3.05, 3.63) is 23.8 Å². The zero-order chi connectivity index (χ0) is 10.3. The topological polar surface area (TPSA) is 49.7 Å². The first kappa shape index (κ1) is 11.8. The monoisotopic (exact) mass is 184 g/mol. The molecule has 3 heteroatoms. The highest BCUT2D eigenvalue weighted by Gasteiger charge is 1.97. The Labute approximate surface area is 78.6 Å². The quantitative estimate of drug-likeness (QED) is 0.701. The summed E-state index contributed by atoms with van der Waals surface area (Å²) >= 11 is 0. The number of phenols is 2. The molecular formula is C10H16O3. The van der Waals surface area contributed by atoms with Gasteiger partial charge in [-0.25, -0.2) is 0 Å². The first-order valence-corrected chi connectivity index (χ1v) is 4.06. The highest BCUT2D eigenvalue weighted by atomic mass is 16.4. The van der Waals surface area contributed by atoms with E-state index in [-0.39, 0.29) is 11.5 Å². The Hall–Kier alpha value is -1.22. The predicted octanol–water partition coefficient (Wildman–Crippen LogP) is 1.92. The van der Waals surface area contributed by atoms with Crippen LogP contribution in [0.1, 0.15) is 12.5 Å². The van der Waals surface area contributed by atoms with Gasteiger partial charge in [-0.1, -0.05) is 13.0 Å². The third-order valence-corrected chi connectivity index (χ3v) is 1.45. The molecule has 1 aromatic rings. The molecule has 0 aromatic heterocycles. The van der Waals surface area contributed by atoms with Crippen LogP contribution in [0.25, 0.3) is 0 Å². The van der Waals surface area contributed by atoms with Crippen LogP contribution in [0.2, 0.25) is 0 Å². The first-order chi connectivity index (χ1) is 6.15. The van der Waals surface area contributed by atoms with Crippen LogP contribution in [0.3, 0.4) is 0 Å². The highest BCUT2D eigenvalue weighted by Crippen LogP contribution is 2.22. The average Bonchev–Trinajstić information content (AvgIpc) is 2.06. The fourth-order valence-electron chi connectivity index (χ4n) is 0.851. The fourth-order valence-corrected chi connectivity index (χ4v) is 0.851. The number of aromatic hydroxyl groups is 2. The van der Waals surface area contributed by atoms with Gasteiger partial charge in [0, 0.05) is 20.3 Å². The van der Waals surface area contributed by atoms with E-state index in [0.29, 0.717) is 0 Å². The van der Waals surface area contributed by atoms with Gasteiger partial charge in [-0.2, -0.15) is 0 Å². The lowest BCUT2D eigenvalue weighted by atomic mass is 10.1. The second kappa shape index (κ2) is 6.31. The van der Waals surface area contributed by atoms with Crippen LogP contribution in [0.15, 0.2) is 18.2 Å². The van der Waals surface area contributed by atoms with Crippen LogP contribution in [0.4, 0.5) is 0 Å². The molecule has 0 radical (unpaired) electrons. The zero-order valence-corrected chi connectivity index (χ0v) is 8.24. The van der Waals surface area contributed by atoms with Crippen LogP contribution in [-0.2, 0) is 11.2 Å². The highest BCUT2D eigenvalue weighted by molar-refractivity contribution is 5.38. The summed E-state index contributed by atoms with van der Waals surface area (Å²) in [6.45, 7) is 1.95. The van der Waals surface area contributed by atoms with Gasteiger partial charge in [0.05, 0.1) is 0 Å². The van der Waals surface area contributed by atoms with E-state index in [1.807, 2.05) is 6.92 Å². The van der Waals surface area contributed by atoms with Crippen molar-refractivity contribution in [3.8, 4) is 11.5 Å². The maximum absolute atomic E-state index is 9.13. The van der Waals surface area contributed by atoms with Gasteiger partial charge in [0.25, 0.3) is 0 Å². The van der Waals surface area contributed by atoms with Gasteiger partial charge >= 0.3 is 0 Å². The predicted molar refractivity (Wildman–Crippen MR) is 52.1 cm³/mol. The normalized spacial score (nSPS) is 8.85. The van der Waals surface area contributed by atoms with Crippen molar-refractivity contribution < 1.29 is 14.9 Å². The minimum absolute atomic E-state index is 0.106. The number of benzene rings is 1. The summed E-state index contributed by atoms with van der Waals surface area (Å²) < 4.78 is 4.25. The second-order valence-corrected chi connectivity index (χ2v) is 2.57. The van der Waals surface area contributed by atoms with Crippen molar-refractivity contribution in [2.75, 3.05) is 14.2 Å². The summed E-state index contributed by atoms with van der Waals surface area (Å²) in [4.78, 5) is 0. The Morgan fingerprint density at radius 1 is 1.23 bits per heavy atom. The summed E-state index contributed by atoms with van der Waals surface area (Å²) in [6.07, 6.45) is 0.784. The molecule has 2 N–H and O–H groups in total. The van der Waals surface area contributed by atoms with Crippen molar-refractivity contribution in [1.82, 2.24) is 0 Å². The Morgan fingerprint density at radius 3 is 2.15 bits per heavy atom. The van der Waals surface area contributed by atoms with Gasteiger partial charge in [0.1, 0.15) is 11.5 Å². The number of hydrogen-bond acceptors (Lipinski definition) is 3. The van der Waals surface area contributed by atoms with Crippen LogP contribution in [0.5, 0.6) is 11.5 Å². The lowest BCUT2D eigenvalue weighted by Crippen LogP contribution is -1.79. The van der Waals surface area contributed by atoms with E-state index in [1.54, 1.807) is 26.4 Å². The molecule has 0 saturated carbocycles. The molecule has 0 unspecified atom stereocenters. The van der Waals surface area contributed by atoms with Crippen molar-refractivity contribution >= 4 is 0 Å². The molecular weight excluding hydrogens is 168 g/mol. The van der Waals surface area contributed by atoms with Crippen LogP contribution >= 0.6 is 0 Å². The number of phenolic OH excluding ortho intramolecular Hbond substituents is 2. The van der Waals surface area contributed by atoms with Crippen LogP contribution in [0, 0.1) is 0 Å². The molecule has 0 bridgehead atoms. The fraction of sp³-hybridized carbons (Fsp3) is 0.400. The Morgan fingerprint density at radius 2 is 1.77 bits per heavy atom. The molecule has 3 nitrogen and oxygen atoms in total. The van der Waals surface area contributed by atoms with Gasteiger partial charge in [-0.15, -0.1) is 0 Å². The summed E-state index contributed by atoms with van der Waals surface area (Å²) in [5, 5.41) is 18.0. The molecule has 74 valence electrons. The van der Waals surface area contributed by atoms with E-state index >= 15 is 0 Å². The lowest BCUT2D eigenvalue weighted by Gasteiger charge is -1.99. The van der Waals surface area contributed by atoms with Gasteiger partial charge in [-0.3, -0.25) is 0 Å². The van der Waals surface area contributed by atoms with Crippen molar-refractivity contribution in [2.45, 2.75) is 13.3 Å². The van der Waals surface area contributed by atoms with Crippen LogP contribution in [-0.4, -0.2) is 24.4 Å². The minimum atomic E-state index is 0.106. The lowest BCUT2D eigenvalue weighted by molar-refractivity contribution is 0.277. The number of hydrogen-bond donors (Lipinski definition) is 2. The number of ether oxygens (including phenoxy) is 1. The Kier molecular flexibility index (Phi) is 5.72. The molecule has 13 heavy (non-hydrogen) atoms. The molecule has 0 amide bonds. The van der Waals surface area contributed by atoms with Gasteiger partial charge in [0.15, 0.2) is 0 Å². The summed E-state index contributed by atoms with van der Waals surface area (Å²) in [5.41, 5.74) is 0.859. The molecule has 0 fully saturated rings. The Bertz CT molecular complexity index is 246. The summed E-state index contributed by atoms with van der Waals surface area (Å²) in [5.74, 6) is 0.275. The minimum Gasteiger partial charge on any atom is -0.508 e. The molecule has 0 spiro atoms. The van der Waals surface area contributed by atoms with Gasteiger partial charge < -0.3 is 14.9 Å². The SMILES string of the molecule is CCc1ccc(O)cc1O.COC. The largest absolute Gasteiger partial charge is 0.508 e. The van der Waals surface area contributed by atoms with Crippen LogP contribution < -0.4 is 0 Å². The molecule has 1 aromatic carbocycles. The van der Waals surface area contributed by atoms with Gasteiger partial charge in [0.2, 0.25) is 0 Å². The average molecular weight is 184 g/mol. The standard InChI is InChI=1S/C8H10O2.C2H6O/c1-2-6-3-4-7(9)5-8(6)10;1-3-2/h3-5,9-10H,2H2,1H3;1-2H3. The summed E-state index contributed by atoms with van der Waals surface area (Å²) in [7, 11) is 3.25. The second-order valence-electron chi connectivity index (χ2n) is 2.57. The van der Waals surface area contributed by atoms with Crippen molar-refractivity contribution in [3.63, 3.8) is 0 Å². The van der Waals surface area contributed by atoms with E-state index in [4.69, 9.17) is 10.2 Å². The zero-order valence-electron chi connectivity index (χ0n) is 8.24. The number of aryl methyl sites for hydroxylation is 1. The summed E-state index contributed by atoms with van der Waals surface area (Å²) in [6, 6.07) is 4.63. The molecule has 0 aliphatic rings. The molecule has 0 atom stereocenters. The van der Waals surface area contributed by atoms with Crippen molar-refractivity contribution in [1.29, 1.82) is 0 Å². The third kappa shape index (κ3) is 4.38. The molecule has 1 rings (SSSR count). The van der Waals surface area contributed by atoms with E-state index in [0.717, 1.165) is 12.0 Å². The third-order valence-electron chi connectivity index (χ3n) is 1.45. The van der Waals surface area contributed by atoms with E-state index in [2.05, 4.69) is 4.74 Å². The van der Waals surface area contributed by atoms with Gasteiger partial charge in [-0.05, 0) is 18.1 Å². The first-order valence-electron chi connectivity index (χ1n) is 4.06. The maximum Gasteiger partial charge on any atom is 0.122 e. The maximum atomic E-state index is 9.13. The number of rotatable bonds is 1.